The quantitative estimate of drug-likeness (QED) is 0.650. The molecule has 0 amide bonds. The van der Waals surface area contributed by atoms with Crippen LogP contribution in [-0.2, 0) is 6.54 Å². The Balaban J connectivity index is 2.31. The molecule has 0 aliphatic carbocycles. The molecule has 0 saturated heterocycles. The average molecular weight is 227 g/mol. The normalized spacial score (nSPS) is 10.5. The van der Waals surface area contributed by atoms with Gasteiger partial charge in [-0.1, -0.05) is 6.07 Å². The molecule has 0 aliphatic rings. The van der Waals surface area contributed by atoms with Gasteiger partial charge in [0.1, 0.15) is 11.5 Å². The van der Waals surface area contributed by atoms with Gasteiger partial charge in [0, 0.05) is 18.2 Å². The first kappa shape index (κ1) is 12.2. The van der Waals surface area contributed by atoms with Gasteiger partial charge in [-0.05, 0) is 31.0 Å². The van der Waals surface area contributed by atoms with E-state index in [1.54, 1.807) is 12.1 Å². The topological polar surface area (TPSA) is 52.5 Å². The van der Waals surface area contributed by atoms with Crippen molar-refractivity contribution in [1.29, 1.82) is 0 Å². The molecule has 1 rings (SSSR count). The Bertz CT molecular complexity index is 305. The van der Waals surface area contributed by atoms with Crippen LogP contribution < -0.4 is 5.32 Å². The van der Waals surface area contributed by atoms with Crippen molar-refractivity contribution in [3.05, 3.63) is 23.8 Å². The molecule has 0 saturated carbocycles. The van der Waals surface area contributed by atoms with Gasteiger partial charge < -0.3 is 15.5 Å². The molecule has 1 aromatic rings. The summed E-state index contributed by atoms with van der Waals surface area (Å²) < 4.78 is 0. The fourth-order valence-corrected chi connectivity index (χ4v) is 1.70. The zero-order chi connectivity index (χ0) is 11.1. The first-order valence-electron chi connectivity index (χ1n) is 4.94. The van der Waals surface area contributed by atoms with Crippen molar-refractivity contribution in [2.75, 3.05) is 18.6 Å². The summed E-state index contributed by atoms with van der Waals surface area (Å²) in [7, 11) is 0. The Morgan fingerprint density at radius 3 is 2.80 bits per heavy atom. The van der Waals surface area contributed by atoms with E-state index >= 15 is 0 Å². The monoisotopic (exact) mass is 227 g/mol. The molecule has 0 aromatic heterocycles. The lowest BCUT2D eigenvalue weighted by atomic mass is 10.2. The van der Waals surface area contributed by atoms with Gasteiger partial charge in [-0.25, -0.2) is 0 Å². The minimum absolute atomic E-state index is 0.0960. The summed E-state index contributed by atoms with van der Waals surface area (Å²) in [4.78, 5) is 0. The van der Waals surface area contributed by atoms with Crippen LogP contribution in [0.2, 0.25) is 0 Å². The van der Waals surface area contributed by atoms with E-state index in [0.29, 0.717) is 6.54 Å². The first-order valence-corrected chi connectivity index (χ1v) is 6.34. The van der Waals surface area contributed by atoms with Crippen LogP contribution in [-0.4, -0.2) is 28.8 Å². The summed E-state index contributed by atoms with van der Waals surface area (Å²) in [6.45, 7) is 1.58. The van der Waals surface area contributed by atoms with Crippen molar-refractivity contribution in [3.63, 3.8) is 0 Å². The Labute approximate surface area is 94.5 Å². The summed E-state index contributed by atoms with van der Waals surface area (Å²) in [6, 6.07) is 4.67. The van der Waals surface area contributed by atoms with Crippen LogP contribution in [0, 0.1) is 0 Å². The van der Waals surface area contributed by atoms with Gasteiger partial charge in [0.2, 0.25) is 0 Å². The molecule has 4 heteroatoms. The Hall–Kier alpha value is -0.870. The summed E-state index contributed by atoms with van der Waals surface area (Å²) in [6.07, 6.45) is 3.21. The van der Waals surface area contributed by atoms with Gasteiger partial charge in [0.25, 0.3) is 0 Å². The number of hydrogen-bond acceptors (Lipinski definition) is 4. The fraction of sp³-hybridized carbons (Fsp3) is 0.455. The Morgan fingerprint density at radius 2 is 2.13 bits per heavy atom. The lowest BCUT2D eigenvalue weighted by molar-refractivity contribution is 0.444. The molecular formula is C11H17NO2S. The van der Waals surface area contributed by atoms with Gasteiger partial charge >= 0.3 is 0 Å². The maximum absolute atomic E-state index is 9.49. The van der Waals surface area contributed by atoms with Crippen LogP contribution in [0.4, 0.5) is 0 Å². The second kappa shape index (κ2) is 6.58. The number of aromatic hydroxyl groups is 2. The third-order valence-corrected chi connectivity index (χ3v) is 2.78. The molecule has 0 spiro atoms. The van der Waals surface area contributed by atoms with E-state index in [1.165, 1.54) is 6.07 Å². The molecule has 0 fully saturated rings. The molecule has 3 nitrogen and oxygen atoms in total. The summed E-state index contributed by atoms with van der Waals surface area (Å²) in [5.74, 6) is 1.39. The SMILES string of the molecule is CSCCCNCc1ccc(O)cc1O. The minimum Gasteiger partial charge on any atom is -0.508 e. The number of benzene rings is 1. The summed E-state index contributed by atoms with van der Waals surface area (Å²) in [5.41, 5.74) is 0.817. The van der Waals surface area contributed by atoms with Crippen LogP contribution in [0.15, 0.2) is 18.2 Å². The smallest absolute Gasteiger partial charge is 0.123 e. The van der Waals surface area contributed by atoms with E-state index in [9.17, 15) is 5.11 Å². The maximum atomic E-state index is 9.49. The minimum atomic E-state index is 0.0960. The third kappa shape index (κ3) is 4.44. The highest BCUT2D eigenvalue weighted by Crippen LogP contribution is 2.22. The van der Waals surface area contributed by atoms with Crippen molar-refractivity contribution in [3.8, 4) is 11.5 Å². The molecule has 1 aromatic carbocycles. The third-order valence-electron chi connectivity index (χ3n) is 2.09. The molecule has 0 aliphatic heterocycles. The summed E-state index contributed by atoms with van der Waals surface area (Å²) in [5, 5.41) is 21.8. The van der Waals surface area contributed by atoms with Crippen molar-refractivity contribution in [2.45, 2.75) is 13.0 Å². The van der Waals surface area contributed by atoms with Gasteiger partial charge in [-0.2, -0.15) is 11.8 Å². The van der Waals surface area contributed by atoms with Gasteiger partial charge in [-0.15, -0.1) is 0 Å². The van der Waals surface area contributed by atoms with E-state index in [1.807, 2.05) is 11.8 Å². The van der Waals surface area contributed by atoms with Crippen LogP contribution in [0.25, 0.3) is 0 Å². The molecule has 0 atom stereocenters. The molecule has 3 N–H and O–H groups in total. The van der Waals surface area contributed by atoms with E-state index < -0.39 is 0 Å². The largest absolute Gasteiger partial charge is 0.508 e. The van der Waals surface area contributed by atoms with Crippen LogP contribution in [0.3, 0.4) is 0 Å². The fourth-order valence-electron chi connectivity index (χ4n) is 1.27. The van der Waals surface area contributed by atoms with Gasteiger partial charge in [0.05, 0.1) is 0 Å². The predicted molar refractivity (Wildman–Crippen MR) is 64.5 cm³/mol. The summed E-state index contributed by atoms with van der Waals surface area (Å²) >= 11 is 1.83. The number of phenolic OH excluding ortho intramolecular Hbond substituents is 2. The highest BCUT2D eigenvalue weighted by atomic mass is 32.2. The average Bonchev–Trinajstić information content (AvgIpc) is 2.20. The van der Waals surface area contributed by atoms with Gasteiger partial charge in [0.15, 0.2) is 0 Å². The van der Waals surface area contributed by atoms with Crippen LogP contribution >= 0.6 is 11.8 Å². The molecule has 0 radical (unpaired) electrons. The second-order valence-corrected chi connectivity index (χ2v) is 4.32. The number of phenols is 2. The Kier molecular flexibility index (Phi) is 5.36. The lowest BCUT2D eigenvalue weighted by Gasteiger charge is -2.06. The van der Waals surface area contributed by atoms with Crippen LogP contribution in [0.5, 0.6) is 11.5 Å². The van der Waals surface area contributed by atoms with E-state index in [0.717, 1.165) is 24.3 Å². The van der Waals surface area contributed by atoms with E-state index in [4.69, 9.17) is 5.11 Å². The second-order valence-electron chi connectivity index (χ2n) is 3.34. The first-order chi connectivity index (χ1) is 7.24. The molecule has 0 bridgehead atoms. The Morgan fingerprint density at radius 1 is 1.33 bits per heavy atom. The van der Waals surface area contributed by atoms with E-state index in [2.05, 4.69) is 11.6 Å². The molecule has 0 unspecified atom stereocenters. The van der Waals surface area contributed by atoms with E-state index in [-0.39, 0.29) is 11.5 Å². The zero-order valence-electron chi connectivity index (χ0n) is 8.86. The molecule has 15 heavy (non-hydrogen) atoms. The molecule has 84 valence electrons. The highest BCUT2D eigenvalue weighted by molar-refractivity contribution is 7.98. The standard InChI is InChI=1S/C11H17NO2S/c1-15-6-2-5-12-8-9-3-4-10(13)7-11(9)14/h3-4,7,12-14H,2,5-6,8H2,1H3. The van der Waals surface area contributed by atoms with Crippen molar-refractivity contribution in [2.24, 2.45) is 0 Å². The number of rotatable bonds is 6. The maximum Gasteiger partial charge on any atom is 0.123 e. The number of hydrogen-bond donors (Lipinski definition) is 3. The van der Waals surface area contributed by atoms with Gasteiger partial charge in [-0.3, -0.25) is 0 Å². The predicted octanol–water partition coefficient (Wildman–Crippen LogP) is 1.94. The van der Waals surface area contributed by atoms with Crippen molar-refractivity contribution in [1.82, 2.24) is 5.32 Å². The number of nitrogens with one attached hydrogen (secondary N) is 1. The van der Waals surface area contributed by atoms with Crippen LogP contribution in [0.1, 0.15) is 12.0 Å². The molecular weight excluding hydrogens is 210 g/mol. The lowest BCUT2D eigenvalue weighted by Crippen LogP contribution is -2.15. The molecule has 0 heterocycles. The highest BCUT2D eigenvalue weighted by Gasteiger charge is 2.00. The van der Waals surface area contributed by atoms with Crippen molar-refractivity contribution >= 4 is 11.8 Å². The van der Waals surface area contributed by atoms with Crippen molar-refractivity contribution < 1.29 is 10.2 Å². The zero-order valence-corrected chi connectivity index (χ0v) is 9.68. The number of thioether (sulfide) groups is 1.